The molecule has 22 nitrogen and oxygen atoms in total. The minimum absolute atomic E-state index is 0. The van der Waals surface area contributed by atoms with Crippen molar-refractivity contribution in [2.24, 2.45) is 22.7 Å². The van der Waals surface area contributed by atoms with Gasteiger partial charge < -0.3 is 67.9 Å². The molecule has 4 bridgehead atoms. The Hall–Kier alpha value is -6.05. The molecule has 4 amide bonds. The van der Waals surface area contributed by atoms with E-state index in [1.165, 1.54) is 24.0 Å². The van der Waals surface area contributed by atoms with Crippen LogP contribution in [0.25, 0.3) is 22.1 Å². The van der Waals surface area contributed by atoms with Gasteiger partial charge in [0.25, 0.3) is 11.8 Å². The van der Waals surface area contributed by atoms with Crippen LogP contribution in [0, 0.1) is 22.7 Å². The number of hydrogen-bond donors (Lipinski definition) is 2. The molecular formula is C61H76F4N8O14V2-2. The number of benzene rings is 2. The van der Waals surface area contributed by atoms with Crippen molar-refractivity contribution in [1.82, 2.24) is 40.4 Å². The Balaban J connectivity index is 0.000000248. The van der Waals surface area contributed by atoms with E-state index in [0.717, 1.165) is 0 Å². The number of hydrogen-bond acceptors (Lipinski definition) is 18. The summed E-state index contributed by atoms with van der Waals surface area (Å²) in [5.74, 6) is -8.98. The number of amides is 4. The Morgan fingerprint density at radius 2 is 1.06 bits per heavy atom. The molecule has 2 N–H and O–H groups in total. The minimum atomic E-state index is -3.45. The van der Waals surface area contributed by atoms with Crippen molar-refractivity contribution in [2.75, 3.05) is 40.5 Å². The number of carbonyl (C=O) groups excluding carboxylic acids is 6. The zero-order valence-electron chi connectivity index (χ0n) is 51.6. The van der Waals surface area contributed by atoms with Crippen molar-refractivity contribution >= 4 is 58.6 Å². The number of carbonyl (C=O) groups is 4. The number of ether oxygens (including phenoxy) is 8. The van der Waals surface area contributed by atoms with Crippen molar-refractivity contribution < 1.29 is 121 Å². The number of rotatable bonds is 6. The summed E-state index contributed by atoms with van der Waals surface area (Å²) < 4.78 is 109. The van der Waals surface area contributed by atoms with Gasteiger partial charge in [0, 0.05) is 88.1 Å². The zero-order valence-corrected chi connectivity index (χ0v) is 54.4. The second-order valence-electron chi connectivity index (χ2n) is 25.4. The summed E-state index contributed by atoms with van der Waals surface area (Å²) in [5, 5.41) is 5.37. The molecule has 484 valence electrons. The summed E-state index contributed by atoms with van der Waals surface area (Å²) in [4.78, 5) is 98.4. The van der Waals surface area contributed by atoms with E-state index < -0.39 is 143 Å². The van der Waals surface area contributed by atoms with E-state index in [2.05, 4.69) is 30.6 Å². The SMILES string of the molecule is CC[C@@H]1[C@@H]2CN(C(=O)[C@H](C(C)(C)C)NC(=O)O[C@@H]3C[C@H]3OCCCC(F)(F)c3nc4ccc(OC)cc4nc3O2)[C@@H]1[C-]=O.CC[C@@H]1[C@@H]2CN(C(=O)[C@H](C(C)(C)C)NC(=O)O[C@]3(C)C[C@H]3OCCCC(F)(F)c3nc4ccc(OC)cc4nc3O2)[C@@H]1[C-]=O.[V].[V]. The van der Waals surface area contributed by atoms with Crippen LogP contribution in [-0.2, 0) is 87.1 Å². The fourth-order valence-electron chi connectivity index (χ4n) is 11.6. The van der Waals surface area contributed by atoms with Gasteiger partial charge in [-0.25, -0.2) is 42.1 Å². The van der Waals surface area contributed by atoms with E-state index in [1.807, 2.05) is 26.4 Å². The first kappa shape index (κ1) is 70.4. The molecule has 6 heterocycles. The maximum absolute atomic E-state index is 15.9. The summed E-state index contributed by atoms with van der Waals surface area (Å²) in [6, 6.07) is 5.22. The summed E-state index contributed by atoms with van der Waals surface area (Å²) in [5.41, 5.74) is -2.73. The molecule has 0 unspecified atom stereocenters. The molecule has 28 heteroatoms. The van der Waals surface area contributed by atoms with Crippen molar-refractivity contribution in [3.63, 3.8) is 0 Å². The van der Waals surface area contributed by atoms with E-state index in [-0.39, 0.29) is 110 Å². The molecule has 4 aromatic rings. The van der Waals surface area contributed by atoms with Crippen molar-refractivity contribution in [1.29, 1.82) is 0 Å². The number of alkyl carbamates (subject to hydrolysis) is 2. The maximum atomic E-state index is 15.9. The Morgan fingerprint density at radius 3 is 1.47 bits per heavy atom. The van der Waals surface area contributed by atoms with E-state index in [9.17, 15) is 28.8 Å². The standard InChI is InChI=1S/C31H39F2N4O7.C30H37F2N4O7.2V/c1-7-18-21(16-38)37-15-22(18)43-26-24(34-19-10-9-17(41-6)13-20(19)35-26)31(32,33)11-8-12-42-23-14-30(23,5)44-28(40)36-25(27(37)39)29(2,3)4;1-6-17-20(15-37)36-14-23(17)42-26-24(33-18-9-8-16(40-5)12-19(18)34-26)30(31,32)10-7-11-41-21-13-22(21)43-28(39)35-25(27(36)38)29(2,3)4;;/h9-10,13,18,21-23,25H,7-8,11-12,14-15H2,1-6H3,(H,36,40);8-9,12,17,20-23,25H,6-7,10-11,13-14H2,1-5H3,(H,35,39);;/q2*-1;;/t18-,21+,22-,23+,25+,30+;17-,20+,21+,22+,23-,25+;;/m00../s1. The molecule has 2 aromatic heterocycles. The number of aromatic nitrogens is 4. The monoisotopic (exact) mass is 1320 g/mol. The van der Waals surface area contributed by atoms with Gasteiger partial charge in [-0.1, -0.05) is 80.3 Å². The first-order chi connectivity index (χ1) is 41.1. The smallest absolute Gasteiger partial charge is 0.408 e. The topological polar surface area (TPSA) is 258 Å². The molecular weight excluding hydrogens is 1250 g/mol. The second kappa shape index (κ2) is 27.8. The number of nitrogens with zero attached hydrogens (tertiary/aromatic N) is 6. The molecule has 10 rings (SSSR count). The normalized spacial score (nSPS) is 29.7. The Bertz CT molecular complexity index is 3250. The molecule has 89 heavy (non-hydrogen) atoms. The molecule has 6 aliphatic rings. The molecule has 0 spiro atoms. The molecule has 4 aliphatic heterocycles. The molecule has 2 aromatic carbocycles. The predicted molar refractivity (Wildman–Crippen MR) is 304 cm³/mol. The summed E-state index contributed by atoms with van der Waals surface area (Å²) >= 11 is 0. The fourth-order valence-corrected chi connectivity index (χ4v) is 11.6. The van der Waals surface area contributed by atoms with E-state index in [1.54, 1.807) is 84.9 Å². The quantitative estimate of drug-likeness (QED) is 0.136. The van der Waals surface area contributed by atoms with Crippen molar-refractivity contribution in [3.05, 3.63) is 47.8 Å². The van der Waals surface area contributed by atoms with Crippen LogP contribution in [0.4, 0.5) is 27.2 Å². The number of alkyl halides is 4. The van der Waals surface area contributed by atoms with Gasteiger partial charge in [-0.2, -0.15) is 17.6 Å². The van der Waals surface area contributed by atoms with E-state index in [4.69, 9.17) is 37.9 Å². The second-order valence-corrected chi connectivity index (χ2v) is 25.4. The van der Waals surface area contributed by atoms with Gasteiger partial charge in [-0.05, 0) is 66.7 Å². The van der Waals surface area contributed by atoms with Crippen LogP contribution < -0.4 is 29.6 Å². The fraction of sp³-hybridized carbons (Fsp3) is 0.639. The Kier molecular flexibility index (Phi) is 22.0. The molecule has 2 radical (unpaired) electrons. The number of methoxy groups -OCH3 is 2. The molecule has 12 atom stereocenters. The van der Waals surface area contributed by atoms with Crippen molar-refractivity contribution in [3.8, 4) is 23.3 Å². The average molecular weight is 1320 g/mol. The number of halogens is 4. The Morgan fingerprint density at radius 1 is 0.618 bits per heavy atom. The number of nitrogens with one attached hydrogen (secondary N) is 2. The minimum Gasteiger partial charge on any atom is -0.540 e. The first-order valence-electron chi connectivity index (χ1n) is 29.4. The third-order valence-electron chi connectivity index (χ3n) is 16.9. The summed E-state index contributed by atoms with van der Waals surface area (Å²) in [7, 11) is 2.95. The van der Waals surface area contributed by atoms with Crippen LogP contribution in [0.3, 0.4) is 0 Å². The van der Waals surface area contributed by atoms with Gasteiger partial charge in [0.15, 0.2) is 11.4 Å². The van der Waals surface area contributed by atoms with Gasteiger partial charge in [0.05, 0.1) is 55.5 Å². The molecule has 2 saturated heterocycles. The van der Waals surface area contributed by atoms with Crippen LogP contribution in [0.2, 0.25) is 0 Å². The molecule has 2 saturated carbocycles. The van der Waals surface area contributed by atoms with Crippen LogP contribution in [0.5, 0.6) is 23.3 Å². The largest absolute Gasteiger partial charge is 0.540 e. The van der Waals surface area contributed by atoms with E-state index in [0.29, 0.717) is 37.2 Å². The summed E-state index contributed by atoms with van der Waals surface area (Å²) in [6.07, 6.45) is -0.546. The van der Waals surface area contributed by atoms with Crippen LogP contribution in [-0.4, -0.2) is 167 Å². The number of fused-ring (bicyclic) bond motifs is 10. The summed E-state index contributed by atoms with van der Waals surface area (Å²) in [6.45, 7) is 15.8. The van der Waals surface area contributed by atoms with Gasteiger partial charge in [0.2, 0.25) is 23.6 Å². The molecule has 4 fully saturated rings. The van der Waals surface area contributed by atoms with Crippen molar-refractivity contribution in [2.45, 2.75) is 186 Å². The average Bonchev–Trinajstić information content (AvgIpc) is 1.84. The van der Waals surface area contributed by atoms with Crippen LogP contribution >= 0.6 is 0 Å². The van der Waals surface area contributed by atoms with Gasteiger partial charge in [0.1, 0.15) is 53.6 Å². The van der Waals surface area contributed by atoms with Gasteiger partial charge in [-0.3, -0.25) is 9.59 Å². The van der Waals surface area contributed by atoms with E-state index >= 15 is 17.6 Å². The third kappa shape index (κ3) is 15.5. The van der Waals surface area contributed by atoms with Crippen LogP contribution in [0.15, 0.2) is 36.4 Å². The van der Waals surface area contributed by atoms with Gasteiger partial charge >= 0.3 is 12.2 Å². The predicted octanol–water partition coefficient (Wildman–Crippen LogP) is 8.22. The third-order valence-corrected chi connectivity index (χ3v) is 16.9. The van der Waals surface area contributed by atoms with Crippen LogP contribution in [0.1, 0.15) is 125 Å². The molecule has 2 aliphatic carbocycles. The maximum Gasteiger partial charge on any atom is 0.408 e. The van der Waals surface area contributed by atoms with Gasteiger partial charge in [-0.15, -0.1) is 0 Å². The Labute approximate surface area is 537 Å². The zero-order chi connectivity index (χ0) is 63.1. The first-order valence-corrected chi connectivity index (χ1v) is 29.4.